The molecule has 4 heteroatoms. The fraction of sp³-hybridized carbons (Fsp3) is 0. The molecule has 1 aromatic heterocycles. The van der Waals surface area contributed by atoms with Crippen molar-refractivity contribution in [2.45, 2.75) is 0 Å². The number of ketones is 1. The van der Waals surface area contributed by atoms with Gasteiger partial charge in [0.25, 0.3) is 0 Å². The predicted octanol–water partition coefficient (Wildman–Crippen LogP) is 5.44. The number of thiophene rings is 1. The van der Waals surface area contributed by atoms with E-state index in [1.165, 1.54) is 0 Å². The van der Waals surface area contributed by atoms with Crippen molar-refractivity contribution < 1.29 is 4.79 Å². The first kappa shape index (κ1) is 12.7. The molecule has 0 radical (unpaired) electrons. The summed E-state index contributed by atoms with van der Waals surface area (Å²) in [6.07, 6.45) is 0. The lowest BCUT2D eigenvalue weighted by atomic mass is 10.0. The van der Waals surface area contributed by atoms with E-state index in [1.54, 1.807) is 29.5 Å². The summed E-state index contributed by atoms with van der Waals surface area (Å²) >= 11 is 13.7. The third-order valence-electron chi connectivity index (χ3n) is 2.92. The molecule has 0 N–H and O–H groups in total. The van der Waals surface area contributed by atoms with Crippen LogP contribution in [0, 0.1) is 0 Å². The summed E-state index contributed by atoms with van der Waals surface area (Å²) < 4.78 is 1.08. The molecule has 3 aromatic rings. The Bertz CT molecular complexity index is 756. The Hall–Kier alpha value is -1.35. The quantitative estimate of drug-likeness (QED) is 0.576. The van der Waals surface area contributed by atoms with Crippen molar-refractivity contribution in [3.8, 4) is 0 Å². The largest absolute Gasteiger partial charge is 0.288 e. The highest BCUT2D eigenvalue weighted by Crippen LogP contribution is 2.32. The van der Waals surface area contributed by atoms with Crippen LogP contribution in [-0.2, 0) is 0 Å². The van der Waals surface area contributed by atoms with Gasteiger partial charge < -0.3 is 0 Å². The van der Waals surface area contributed by atoms with E-state index in [0.717, 1.165) is 10.1 Å². The normalized spacial score (nSPS) is 10.8. The molecule has 1 heterocycles. The van der Waals surface area contributed by atoms with Crippen molar-refractivity contribution in [1.82, 2.24) is 0 Å². The van der Waals surface area contributed by atoms with E-state index in [9.17, 15) is 4.79 Å². The molecule has 0 fully saturated rings. The first-order chi connectivity index (χ1) is 9.18. The topological polar surface area (TPSA) is 17.1 Å². The molecule has 94 valence electrons. The lowest BCUT2D eigenvalue weighted by Gasteiger charge is -2.05. The zero-order valence-corrected chi connectivity index (χ0v) is 12.0. The Morgan fingerprint density at radius 1 is 0.947 bits per heavy atom. The average molecular weight is 307 g/mol. The van der Waals surface area contributed by atoms with Crippen LogP contribution in [0.4, 0.5) is 0 Å². The molecule has 0 saturated carbocycles. The Balaban J connectivity index is 2.20. The number of hydrogen-bond acceptors (Lipinski definition) is 2. The van der Waals surface area contributed by atoms with Crippen molar-refractivity contribution in [3.63, 3.8) is 0 Å². The second-order valence-corrected chi connectivity index (χ2v) is 5.80. The molecule has 2 aromatic carbocycles. The molecule has 0 bridgehead atoms. The third kappa shape index (κ3) is 2.16. The Labute approximate surface area is 124 Å². The second-order valence-electron chi connectivity index (χ2n) is 4.07. The van der Waals surface area contributed by atoms with Gasteiger partial charge in [-0.15, -0.1) is 11.3 Å². The van der Waals surface area contributed by atoms with Crippen LogP contribution in [0.25, 0.3) is 10.1 Å². The van der Waals surface area contributed by atoms with E-state index < -0.39 is 0 Å². The summed E-state index contributed by atoms with van der Waals surface area (Å²) in [4.78, 5) is 12.6. The Morgan fingerprint density at radius 2 is 1.63 bits per heavy atom. The smallest absolute Gasteiger partial charge is 0.197 e. The molecule has 1 nitrogen and oxygen atoms in total. The van der Waals surface area contributed by atoms with Gasteiger partial charge in [0, 0.05) is 21.0 Å². The van der Waals surface area contributed by atoms with E-state index in [4.69, 9.17) is 23.2 Å². The van der Waals surface area contributed by atoms with Crippen molar-refractivity contribution in [2.75, 3.05) is 0 Å². The van der Waals surface area contributed by atoms with Crippen molar-refractivity contribution in [3.05, 3.63) is 69.0 Å². The molecule has 0 atom stereocenters. The zero-order valence-electron chi connectivity index (χ0n) is 9.69. The van der Waals surface area contributed by atoms with E-state index in [-0.39, 0.29) is 5.78 Å². The van der Waals surface area contributed by atoms with E-state index >= 15 is 0 Å². The van der Waals surface area contributed by atoms with Gasteiger partial charge >= 0.3 is 0 Å². The van der Waals surface area contributed by atoms with Gasteiger partial charge in [0.2, 0.25) is 0 Å². The zero-order chi connectivity index (χ0) is 13.4. The standard InChI is InChI=1S/C15H8Cl2OS/c16-11-5-3-6-12(17)14(11)15(18)10-8-19-13-7-2-1-4-9(10)13/h1-8H. The predicted molar refractivity (Wildman–Crippen MR) is 81.7 cm³/mol. The van der Waals surface area contributed by atoms with Gasteiger partial charge in [-0.3, -0.25) is 4.79 Å². The lowest BCUT2D eigenvalue weighted by Crippen LogP contribution is -2.02. The van der Waals surface area contributed by atoms with Crippen LogP contribution in [-0.4, -0.2) is 5.78 Å². The first-order valence-corrected chi connectivity index (χ1v) is 7.27. The van der Waals surface area contributed by atoms with Gasteiger partial charge in [0.1, 0.15) is 0 Å². The molecule has 0 aliphatic carbocycles. The van der Waals surface area contributed by atoms with Crippen molar-refractivity contribution in [2.24, 2.45) is 0 Å². The molecule has 0 saturated heterocycles. The number of benzene rings is 2. The van der Waals surface area contributed by atoms with Gasteiger partial charge in [-0.25, -0.2) is 0 Å². The van der Waals surface area contributed by atoms with Crippen LogP contribution in [0.1, 0.15) is 15.9 Å². The number of fused-ring (bicyclic) bond motifs is 1. The van der Waals surface area contributed by atoms with Gasteiger partial charge in [-0.2, -0.15) is 0 Å². The maximum atomic E-state index is 12.6. The lowest BCUT2D eigenvalue weighted by molar-refractivity contribution is 0.104. The van der Waals surface area contributed by atoms with Gasteiger partial charge in [-0.05, 0) is 18.2 Å². The van der Waals surface area contributed by atoms with Crippen LogP contribution in [0.3, 0.4) is 0 Å². The van der Waals surface area contributed by atoms with Crippen molar-refractivity contribution >= 4 is 50.4 Å². The highest BCUT2D eigenvalue weighted by molar-refractivity contribution is 7.17. The fourth-order valence-corrected chi connectivity index (χ4v) is 3.51. The highest BCUT2D eigenvalue weighted by atomic mass is 35.5. The minimum absolute atomic E-state index is 0.131. The SMILES string of the molecule is O=C(c1c(Cl)cccc1Cl)c1csc2ccccc12. The Kier molecular flexibility index (Phi) is 3.31. The van der Waals surface area contributed by atoms with E-state index in [2.05, 4.69) is 0 Å². The molecule has 19 heavy (non-hydrogen) atoms. The minimum Gasteiger partial charge on any atom is -0.288 e. The van der Waals surface area contributed by atoms with Crippen LogP contribution >= 0.6 is 34.5 Å². The minimum atomic E-state index is -0.131. The molecule has 0 aliphatic rings. The summed E-state index contributed by atoms with van der Waals surface area (Å²) in [5.41, 5.74) is 1.02. The number of halogens is 2. The molecule has 0 unspecified atom stereocenters. The summed E-state index contributed by atoms with van der Waals surface area (Å²) in [6, 6.07) is 12.9. The van der Waals surface area contributed by atoms with E-state index in [0.29, 0.717) is 21.2 Å². The molecule has 0 spiro atoms. The first-order valence-electron chi connectivity index (χ1n) is 5.63. The number of carbonyl (C=O) groups is 1. The monoisotopic (exact) mass is 306 g/mol. The van der Waals surface area contributed by atoms with E-state index in [1.807, 2.05) is 29.6 Å². The molecule has 0 amide bonds. The fourth-order valence-electron chi connectivity index (χ4n) is 2.00. The maximum absolute atomic E-state index is 12.6. The van der Waals surface area contributed by atoms with Crippen LogP contribution in [0.5, 0.6) is 0 Å². The summed E-state index contributed by atoms with van der Waals surface area (Å²) in [7, 11) is 0. The molecule has 3 rings (SSSR count). The Morgan fingerprint density at radius 3 is 2.37 bits per heavy atom. The highest BCUT2D eigenvalue weighted by Gasteiger charge is 2.19. The third-order valence-corrected chi connectivity index (χ3v) is 4.51. The van der Waals surface area contributed by atoms with Crippen LogP contribution in [0.15, 0.2) is 47.8 Å². The number of hydrogen-bond donors (Lipinski definition) is 0. The molecule has 0 aliphatic heterocycles. The second kappa shape index (κ2) is 4.97. The molecular weight excluding hydrogens is 299 g/mol. The van der Waals surface area contributed by atoms with Gasteiger partial charge in [0.15, 0.2) is 5.78 Å². The van der Waals surface area contributed by atoms with Crippen LogP contribution < -0.4 is 0 Å². The summed E-state index contributed by atoms with van der Waals surface area (Å²) in [6.45, 7) is 0. The van der Waals surface area contributed by atoms with Crippen LogP contribution in [0.2, 0.25) is 10.0 Å². The van der Waals surface area contributed by atoms with Crippen molar-refractivity contribution in [1.29, 1.82) is 0 Å². The number of carbonyl (C=O) groups excluding carboxylic acids is 1. The summed E-state index contributed by atoms with van der Waals surface area (Å²) in [5.74, 6) is -0.131. The maximum Gasteiger partial charge on any atom is 0.197 e. The molecular formula is C15H8Cl2OS. The van der Waals surface area contributed by atoms with Gasteiger partial charge in [-0.1, -0.05) is 47.5 Å². The summed E-state index contributed by atoms with van der Waals surface area (Å²) in [5, 5.41) is 3.56. The average Bonchev–Trinajstić information content (AvgIpc) is 2.82. The number of rotatable bonds is 2. The van der Waals surface area contributed by atoms with Gasteiger partial charge in [0.05, 0.1) is 15.6 Å².